The lowest BCUT2D eigenvalue weighted by molar-refractivity contribution is -0.135. The molecule has 1 atom stereocenters. The number of ether oxygens (including phenoxy) is 1. The van der Waals surface area contributed by atoms with Crippen molar-refractivity contribution < 1.29 is 17.9 Å². The average Bonchev–Trinajstić information content (AvgIpc) is 2.94. The molecule has 2 aliphatic heterocycles. The van der Waals surface area contributed by atoms with Gasteiger partial charge in [-0.2, -0.15) is 0 Å². The van der Waals surface area contributed by atoms with E-state index >= 15 is 0 Å². The van der Waals surface area contributed by atoms with Gasteiger partial charge in [0.25, 0.3) is 5.91 Å². The summed E-state index contributed by atoms with van der Waals surface area (Å²) < 4.78 is 29.1. The van der Waals surface area contributed by atoms with Crippen molar-refractivity contribution in [2.75, 3.05) is 44.3 Å². The van der Waals surface area contributed by atoms with Crippen molar-refractivity contribution in [3.05, 3.63) is 28.8 Å². The van der Waals surface area contributed by atoms with Crippen molar-refractivity contribution in [3.8, 4) is 5.75 Å². The Bertz CT molecular complexity index is 760. The summed E-state index contributed by atoms with van der Waals surface area (Å²) in [5, 5.41) is 0. The zero-order valence-electron chi connectivity index (χ0n) is 15.8. The van der Waals surface area contributed by atoms with Crippen LogP contribution in [0.3, 0.4) is 0 Å². The number of carbonyl (C=O) groups excluding carboxylic acids is 1. The Morgan fingerprint density at radius 3 is 2.27 bits per heavy atom. The maximum atomic E-state index is 12.5. The van der Waals surface area contributed by atoms with E-state index in [2.05, 4.69) is 17.0 Å². The third kappa shape index (κ3) is 4.38. The van der Waals surface area contributed by atoms with E-state index in [9.17, 15) is 13.2 Å². The Balaban J connectivity index is 1.50. The number of hydrogen-bond acceptors (Lipinski definition) is 5. The van der Waals surface area contributed by atoms with E-state index in [1.807, 2.05) is 25.7 Å². The largest absolute Gasteiger partial charge is 0.483 e. The fraction of sp³-hybridized carbons (Fsp3) is 0.632. The normalized spacial score (nSPS) is 23.2. The lowest BCUT2D eigenvalue weighted by atomic mass is 10.1. The van der Waals surface area contributed by atoms with Gasteiger partial charge in [0.05, 0.1) is 11.5 Å². The molecule has 1 aromatic carbocycles. The number of carbonyl (C=O) groups is 1. The molecule has 0 unspecified atom stereocenters. The van der Waals surface area contributed by atoms with Crippen LogP contribution in [-0.2, 0) is 14.6 Å². The van der Waals surface area contributed by atoms with E-state index < -0.39 is 9.84 Å². The molecule has 1 aromatic rings. The Kier molecular flexibility index (Phi) is 5.58. The van der Waals surface area contributed by atoms with Crippen molar-refractivity contribution in [3.63, 3.8) is 0 Å². The Hall–Kier alpha value is -1.60. The standard InChI is InChI=1S/C19H28N2O4S/c1-14-10-15(2)19(16(3)11-14)25-12-18(22)21-7-5-20(6-8-21)17-4-9-26(23,24)13-17/h10-11,17H,4-9,12-13H2,1-3H3/t17-/m1/s1. The second kappa shape index (κ2) is 7.56. The molecule has 26 heavy (non-hydrogen) atoms. The van der Waals surface area contributed by atoms with Gasteiger partial charge in [-0.25, -0.2) is 8.42 Å². The SMILES string of the molecule is Cc1cc(C)c(OCC(=O)N2CCN([C@@H]3CCS(=O)(=O)C3)CC2)c(C)c1. The first-order chi connectivity index (χ1) is 12.2. The van der Waals surface area contributed by atoms with Crippen molar-refractivity contribution in [2.24, 2.45) is 0 Å². The summed E-state index contributed by atoms with van der Waals surface area (Å²) in [5.74, 6) is 1.33. The van der Waals surface area contributed by atoms with Crippen molar-refractivity contribution in [2.45, 2.75) is 33.2 Å². The van der Waals surface area contributed by atoms with Crippen LogP contribution >= 0.6 is 0 Å². The van der Waals surface area contributed by atoms with Crippen LogP contribution in [0.4, 0.5) is 0 Å². The van der Waals surface area contributed by atoms with Gasteiger partial charge in [-0.15, -0.1) is 0 Å². The molecule has 7 heteroatoms. The molecule has 6 nitrogen and oxygen atoms in total. The molecule has 0 saturated carbocycles. The lowest BCUT2D eigenvalue weighted by Crippen LogP contribution is -2.53. The minimum Gasteiger partial charge on any atom is -0.483 e. The molecule has 0 aromatic heterocycles. The lowest BCUT2D eigenvalue weighted by Gasteiger charge is -2.37. The van der Waals surface area contributed by atoms with Gasteiger partial charge >= 0.3 is 0 Å². The highest BCUT2D eigenvalue weighted by atomic mass is 32.2. The predicted molar refractivity (Wildman–Crippen MR) is 101 cm³/mol. The summed E-state index contributed by atoms with van der Waals surface area (Å²) in [6.07, 6.45) is 0.714. The molecule has 144 valence electrons. The van der Waals surface area contributed by atoms with Gasteiger partial charge in [0.2, 0.25) is 0 Å². The third-order valence-corrected chi connectivity index (χ3v) is 7.09. The second-order valence-electron chi connectivity index (χ2n) is 7.49. The number of amides is 1. The molecule has 0 spiro atoms. The highest BCUT2D eigenvalue weighted by molar-refractivity contribution is 7.91. The van der Waals surface area contributed by atoms with Gasteiger partial charge in [-0.05, 0) is 38.3 Å². The maximum absolute atomic E-state index is 12.5. The number of aryl methyl sites for hydroxylation is 3. The molecule has 1 amide bonds. The van der Waals surface area contributed by atoms with Crippen LogP contribution in [0.25, 0.3) is 0 Å². The van der Waals surface area contributed by atoms with Crippen molar-refractivity contribution in [1.82, 2.24) is 9.80 Å². The van der Waals surface area contributed by atoms with Crippen LogP contribution in [0.5, 0.6) is 5.75 Å². The van der Waals surface area contributed by atoms with Crippen LogP contribution in [0.2, 0.25) is 0 Å². The van der Waals surface area contributed by atoms with E-state index in [-0.39, 0.29) is 24.3 Å². The van der Waals surface area contributed by atoms with Gasteiger partial charge < -0.3 is 9.64 Å². The first-order valence-corrected chi connectivity index (χ1v) is 11.0. The fourth-order valence-electron chi connectivity index (χ4n) is 4.02. The van der Waals surface area contributed by atoms with Gasteiger partial charge in [0, 0.05) is 32.2 Å². The number of hydrogen-bond donors (Lipinski definition) is 0. The zero-order valence-corrected chi connectivity index (χ0v) is 16.6. The van der Waals surface area contributed by atoms with Gasteiger partial charge in [-0.1, -0.05) is 17.7 Å². The van der Waals surface area contributed by atoms with Crippen LogP contribution in [-0.4, -0.2) is 74.5 Å². The number of piperazine rings is 1. The molecule has 0 radical (unpaired) electrons. The summed E-state index contributed by atoms with van der Waals surface area (Å²) in [4.78, 5) is 16.5. The Morgan fingerprint density at radius 2 is 1.73 bits per heavy atom. The highest BCUT2D eigenvalue weighted by Gasteiger charge is 2.34. The van der Waals surface area contributed by atoms with E-state index in [1.165, 1.54) is 5.56 Å². The number of nitrogens with zero attached hydrogens (tertiary/aromatic N) is 2. The molecular formula is C19H28N2O4S. The molecule has 2 saturated heterocycles. The smallest absolute Gasteiger partial charge is 0.260 e. The summed E-state index contributed by atoms with van der Waals surface area (Å²) in [6.45, 7) is 8.80. The van der Waals surface area contributed by atoms with Crippen LogP contribution in [0.15, 0.2) is 12.1 Å². The average molecular weight is 381 g/mol. The Labute approximate surface area is 156 Å². The summed E-state index contributed by atoms with van der Waals surface area (Å²) in [7, 11) is -2.87. The van der Waals surface area contributed by atoms with Crippen LogP contribution in [0.1, 0.15) is 23.1 Å². The van der Waals surface area contributed by atoms with Crippen molar-refractivity contribution in [1.29, 1.82) is 0 Å². The number of sulfone groups is 1. The minimum atomic E-state index is -2.87. The minimum absolute atomic E-state index is 0.0110. The van der Waals surface area contributed by atoms with Crippen molar-refractivity contribution >= 4 is 15.7 Å². The molecule has 2 heterocycles. The highest BCUT2D eigenvalue weighted by Crippen LogP contribution is 2.24. The van der Waals surface area contributed by atoms with E-state index in [1.54, 1.807) is 0 Å². The molecule has 2 fully saturated rings. The molecule has 0 aliphatic carbocycles. The van der Waals surface area contributed by atoms with E-state index in [0.717, 1.165) is 30.0 Å². The van der Waals surface area contributed by atoms with E-state index in [4.69, 9.17) is 4.74 Å². The van der Waals surface area contributed by atoms with Crippen LogP contribution in [0, 0.1) is 20.8 Å². The quantitative estimate of drug-likeness (QED) is 0.788. The Morgan fingerprint density at radius 1 is 1.12 bits per heavy atom. The first kappa shape index (κ1) is 19.2. The van der Waals surface area contributed by atoms with Crippen LogP contribution < -0.4 is 4.74 Å². The zero-order chi connectivity index (χ0) is 18.9. The third-order valence-electron chi connectivity index (χ3n) is 5.34. The molecule has 0 N–H and O–H groups in total. The number of benzene rings is 1. The summed E-state index contributed by atoms with van der Waals surface area (Å²) >= 11 is 0. The number of rotatable bonds is 4. The second-order valence-corrected chi connectivity index (χ2v) is 9.72. The van der Waals surface area contributed by atoms with E-state index in [0.29, 0.717) is 25.3 Å². The molecule has 0 bridgehead atoms. The molecule has 3 rings (SSSR count). The maximum Gasteiger partial charge on any atom is 0.260 e. The molecular weight excluding hydrogens is 352 g/mol. The fourth-order valence-corrected chi connectivity index (χ4v) is 5.78. The summed E-state index contributed by atoms with van der Waals surface area (Å²) in [5.41, 5.74) is 3.27. The van der Waals surface area contributed by atoms with Gasteiger partial charge in [0.1, 0.15) is 5.75 Å². The predicted octanol–water partition coefficient (Wildman–Crippen LogP) is 1.32. The van der Waals surface area contributed by atoms with Gasteiger partial charge in [-0.3, -0.25) is 9.69 Å². The topological polar surface area (TPSA) is 66.9 Å². The summed E-state index contributed by atoms with van der Waals surface area (Å²) in [6, 6.07) is 4.23. The first-order valence-electron chi connectivity index (χ1n) is 9.18. The van der Waals surface area contributed by atoms with Gasteiger partial charge in [0.15, 0.2) is 16.4 Å². The molecule has 2 aliphatic rings. The monoisotopic (exact) mass is 380 g/mol.